The van der Waals surface area contributed by atoms with Crippen molar-refractivity contribution in [2.45, 2.75) is 39.4 Å². The normalized spacial score (nSPS) is 31.7. The van der Waals surface area contributed by atoms with Crippen molar-refractivity contribution in [1.29, 1.82) is 0 Å². The summed E-state index contributed by atoms with van der Waals surface area (Å²) in [5, 5.41) is 1.11. The highest BCUT2D eigenvalue weighted by Crippen LogP contribution is 2.15. The molecule has 3 atom stereocenters. The summed E-state index contributed by atoms with van der Waals surface area (Å²) >= 11 is 3.58. The number of rotatable bonds is 4. The first-order chi connectivity index (χ1) is 6.65. The first kappa shape index (κ1) is 12.5. The van der Waals surface area contributed by atoms with Crippen molar-refractivity contribution in [3.05, 3.63) is 0 Å². The Morgan fingerprint density at radius 2 is 1.93 bits per heavy atom. The van der Waals surface area contributed by atoms with Gasteiger partial charge in [0, 0.05) is 25.0 Å². The number of ether oxygens (including phenoxy) is 1. The highest BCUT2D eigenvalue weighted by Gasteiger charge is 2.23. The number of hydrogen-bond donors (Lipinski definition) is 0. The molecule has 3 heteroatoms. The van der Waals surface area contributed by atoms with Gasteiger partial charge in [-0.1, -0.05) is 29.3 Å². The van der Waals surface area contributed by atoms with Crippen LogP contribution in [0.5, 0.6) is 0 Å². The number of hydrogen-bond acceptors (Lipinski definition) is 2. The third kappa shape index (κ3) is 3.87. The Bertz CT molecular complexity index is 151. The van der Waals surface area contributed by atoms with Crippen molar-refractivity contribution in [2.75, 3.05) is 25.0 Å². The lowest BCUT2D eigenvalue weighted by Crippen LogP contribution is -2.47. The van der Waals surface area contributed by atoms with Gasteiger partial charge in [-0.15, -0.1) is 0 Å². The van der Waals surface area contributed by atoms with Crippen LogP contribution in [0.25, 0.3) is 0 Å². The Morgan fingerprint density at radius 3 is 2.36 bits per heavy atom. The summed E-state index contributed by atoms with van der Waals surface area (Å²) in [4.78, 5) is 2.54. The Kier molecular flexibility index (Phi) is 5.42. The van der Waals surface area contributed by atoms with Crippen LogP contribution in [0, 0.1) is 5.92 Å². The molecule has 0 radical (unpaired) electrons. The highest BCUT2D eigenvalue weighted by molar-refractivity contribution is 9.09. The van der Waals surface area contributed by atoms with Gasteiger partial charge in [-0.25, -0.2) is 0 Å². The van der Waals surface area contributed by atoms with E-state index in [9.17, 15) is 0 Å². The molecule has 0 bridgehead atoms. The standard InChI is InChI=1S/C11H22BrNO/c1-4-11(5-12)8-13-6-9(2)14-10(3)7-13/h9-11H,4-8H2,1-3H3/t9-,10+,11?. The molecule has 1 unspecified atom stereocenters. The van der Waals surface area contributed by atoms with Crippen molar-refractivity contribution >= 4 is 15.9 Å². The highest BCUT2D eigenvalue weighted by atomic mass is 79.9. The van der Waals surface area contributed by atoms with Gasteiger partial charge in [0.2, 0.25) is 0 Å². The van der Waals surface area contributed by atoms with Crippen molar-refractivity contribution in [2.24, 2.45) is 5.92 Å². The second-order valence-electron chi connectivity index (χ2n) is 4.40. The van der Waals surface area contributed by atoms with Crippen LogP contribution in [0.2, 0.25) is 0 Å². The maximum absolute atomic E-state index is 5.71. The summed E-state index contributed by atoms with van der Waals surface area (Å²) in [7, 11) is 0. The maximum Gasteiger partial charge on any atom is 0.0678 e. The summed E-state index contributed by atoms with van der Waals surface area (Å²) in [6.45, 7) is 9.98. The van der Waals surface area contributed by atoms with E-state index in [4.69, 9.17) is 4.74 Å². The van der Waals surface area contributed by atoms with E-state index in [1.54, 1.807) is 0 Å². The topological polar surface area (TPSA) is 12.5 Å². The largest absolute Gasteiger partial charge is 0.373 e. The Morgan fingerprint density at radius 1 is 1.36 bits per heavy atom. The number of nitrogens with zero attached hydrogens (tertiary/aromatic N) is 1. The predicted octanol–water partition coefficient (Wildman–Crippen LogP) is 2.52. The minimum atomic E-state index is 0.395. The molecule has 0 amide bonds. The van der Waals surface area contributed by atoms with Crippen LogP contribution in [0.1, 0.15) is 27.2 Å². The van der Waals surface area contributed by atoms with E-state index in [2.05, 4.69) is 41.6 Å². The van der Waals surface area contributed by atoms with Crippen LogP contribution < -0.4 is 0 Å². The summed E-state index contributed by atoms with van der Waals surface area (Å²) in [6.07, 6.45) is 2.05. The SMILES string of the molecule is CCC(CBr)CN1C[C@@H](C)O[C@@H](C)C1. The maximum atomic E-state index is 5.71. The van der Waals surface area contributed by atoms with Gasteiger partial charge in [0.15, 0.2) is 0 Å². The summed E-state index contributed by atoms with van der Waals surface area (Å²) in [5.41, 5.74) is 0. The van der Waals surface area contributed by atoms with Crippen LogP contribution in [-0.2, 0) is 4.74 Å². The molecule has 1 heterocycles. The van der Waals surface area contributed by atoms with Crippen LogP contribution in [-0.4, -0.2) is 42.1 Å². The Labute approximate surface area is 96.1 Å². The van der Waals surface area contributed by atoms with Gasteiger partial charge in [-0.2, -0.15) is 0 Å². The van der Waals surface area contributed by atoms with Gasteiger partial charge in [-0.3, -0.25) is 4.90 Å². The smallest absolute Gasteiger partial charge is 0.0678 e. The molecule has 1 aliphatic heterocycles. The van der Waals surface area contributed by atoms with E-state index >= 15 is 0 Å². The second-order valence-corrected chi connectivity index (χ2v) is 5.05. The van der Waals surface area contributed by atoms with Gasteiger partial charge in [0.25, 0.3) is 0 Å². The molecule has 0 aromatic heterocycles. The average Bonchev–Trinajstić information content (AvgIpc) is 2.12. The minimum absolute atomic E-state index is 0.395. The molecule has 1 saturated heterocycles. The van der Waals surface area contributed by atoms with E-state index in [1.165, 1.54) is 13.0 Å². The zero-order valence-electron chi connectivity index (χ0n) is 9.50. The molecule has 0 aromatic rings. The number of halogens is 1. The quantitative estimate of drug-likeness (QED) is 0.723. The summed E-state index contributed by atoms with van der Waals surface area (Å²) in [5.74, 6) is 0.785. The molecule has 14 heavy (non-hydrogen) atoms. The van der Waals surface area contributed by atoms with Gasteiger partial charge >= 0.3 is 0 Å². The number of morpholine rings is 1. The molecular weight excluding hydrogens is 242 g/mol. The number of alkyl halides is 1. The van der Waals surface area contributed by atoms with Crippen molar-refractivity contribution in [1.82, 2.24) is 4.90 Å². The summed E-state index contributed by atoms with van der Waals surface area (Å²) in [6, 6.07) is 0. The molecule has 0 spiro atoms. The van der Waals surface area contributed by atoms with E-state index in [1.807, 2.05) is 0 Å². The van der Waals surface area contributed by atoms with E-state index in [0.717, 1.165) is 24.3 Å². The van der Waals surface area contributed by atoms with E-state index < -0.39 is 0 Å². The molecular formula is C11H22BrNO. The lowest BCUT2D eigenvalue weighted by atomic mass is 10.1. The van der Waals surface area contributed by atoms with Crippen LogP contribution in [0.4, 0.5) is 0 Å². The Hall–Kier alpha value is 0.400. The lowest BCUT2D eigenvalue weighted by molar-refractivity contribution is -0.0708. The lowest BCUT2D eigenvalue weighted by Gasteiger charge is -2.36. The minimum Gasteiger partial charge on any atom is -0.373 e. The van der Waals surface area contributed by atoms with Gasteiger partial charge in [0.1, 0.15) is 0 Å². The first-order valence-electron chi connectivity index (χ1n) is 5.59. The zero-order valence-corrected chi connectivity index (χ0v) is 11.1. The Balaban J connectivity index is 2.35. The van der Waals surface area contributed by atoms with Gasteiger partial charge in [0.05, 0.1) is 12.2 Å². The van der Waals surface area contributed by atoms with Gasteiger partial charge < -0.3 is 4.74 Å². The summed E-state index contributed by atoms with van der Waals surface area (Å²) < 4.78 is 5.71. The first-order valence-corrected chi connectivity index (χ1v) is 6.71. The molecule has 2 nitrogen and oxygen atoms in total. The average molecular weight is 264 g/mol. The second kappa shape index (κ2) is 6.09. The molecule has 1 rings (SSSR count). The molecule has 0 saturated carbocycles. The molecule has 1 fully saturated rings. The molecule has 1 aliphatic rings. The van der Waals surface area contributed by atoms with E-state index in [-0.39, 0.29) is 0 Å². The van der Waals surface area contributed by atoms with Crippen molar-refractivity contribution in [3.63, 3.8) is 0 Å². The van der Waals surface area contributed by atoms with Crippen LogP contribution in [0.15, 0.2) is 0 Å². The van der Waals surface area contributed by atoms with E-state index in [0.29, 0.717) is 12.2 Å². The molecule has 0 N–H and O–H groups in total. The van der Waals surface area contributed by atoms with Crippen LogP contribution in [0.3, 0.4) is 0 Å². The molecule has 0 aliphatic carbocycles. The fourth-order valence-corrected chi connectivity index (χ4v) is 2.75. The van der Waals surface area contributed by atoms with Crippen molar-refractivity contribution < 1.29 is 4.74 Å². The van der Waals surface area contributed by atoms with Gasteiger partial charge in [-0.05, 0) is 19.8 Å². The fourth-order valence-electron chi connectivity index (χ4n) is 2.09. The fraction of sp³-hybridized carbons (Fsp3) is 1.00. The predicted molar refractivity (Wildman–Crippen MR) is 64.0 cm³/mol. The molecule has 0 aromatic carbocycles. The van der Waals surface area contributed by atoms with Crippen molar-refractivity contribution in [3.8, 4) is 0 Å². The molecule has 84 valence electrons. The monoisotopic (exact) mass is 263 g/mol. The third-order valence-corrected chi connectivity index (χ3v) is 3.72. The zero-order chi connectivity index (χ0) is 10.6. The third-order valence-electron chi connectivity index (χ3n) is 2.81. The van der Waals surface area contributed by atoms with Crippen LogP contribution >= 0.6 is 15.9 Å².